The van der Waals surface area contributed by atoms with Gasteiger partial charge < -0.3 is 10.5 Å². The van der Waals surface area contributed by atoms with Gasteiger partial charge >= 0.3 is 5.97 Å². The van der Waals surface area contributed by atoms with Crippen molar-refractivity contribution in [1.82, 2.24) is 0 Å². The number of rotatable bonds is 2. The number of aryl methyl sites for hydroxylation is 2. The second-order valence-electron chi connectivity index (χ2n) is 4.88. The van der Waals surface area contributed by atoms with Crippen molar-refractivity contribution in [2.75, 3.05) is 7.11 Å². The molecule has 1 atom stereocenters. The maximum atomic E-state index is 11.7. The molecule has 0 saturated heterocycles. The predicted molar refractivity (Wildman–Crippen MR) is 66.6 cm³/mol. The van der Waals surface area contributed by atoms with Gasteiger partial charge in [-0.1, -0.05) is 18.2 Å². The highest BCUT2D eigenvalue weighted by Gasteiger charge is 2.32. The Morgan fingerprint density at radius 2 is 1.94 bits per heavy atom. The molecule has 0 spiro atoms. The van der Waals surface area contributed by atoms with Crippen LogP contribution < -0.4 is 5.73 Å². The Hall–Kier alpha value is -1.35. The fourth-order valence-corrected chi connectivity index (χ4v) is 2.39. The minimum Gasteiger partial charge on any atom is -0.467 e. The number of esters is 1. The molecule has 0 radical (unpaired) electrons. The minimum atomic E-state index is -1.05. The highest BCUT2D eigenvalue weighted by atomic mass is 16.5. The lowest BCUT2D eigenvalue weighted by atomic mass is 9.85. The molecular formula is C14H19NO2. The lowest BCUT2D eigenvalue weighted by molar-refractivity contribution is -0.146. The van der Waals surface area contributed by atoms with Crippen LogP contribution in [0.25, 0.3) is 0 Å². The lowest BCUT2D eigenvalue weighted by Gasteiger charge is -2.24. The van der Waals surface area contributed by atoms with Crippen molar-refractivity contribution < 1.29 is 9.53 Å². The molecule has 0 bridgehead atoms. The summed E-state index contributed by atoms with van der Waals surface area (Å²) in [7, 11) is 1.37. The van der Waals surface area contributed by atoms with Crippen molar-refractivity contribution in [3.8, 4) is 0 Å². The van der Waals surface area contributed by atoms with Gasteiger partial charge in [-0.15, -0.1) is 0 Å². The maximum absolute atomic E-state index is 11.7. The molecule has 1 aliphatic rings. The monoisotopic (exact) mass is 233 g/mol. The smallest absolute Gasteiger partial charge is 0.330 e. The number of methoxy groups -OCH3 is 1. The van der Waals surface area contributed by atoms with Crippen molar-refractivity contribution in [1.29, 1.82) is 0 Å². The standard InChI is InChI=1S/C14H19NO2/c1-14(15,13(16)17-2)12-8-7-10-5-3-4-6-11(10)9-12/h7-9H,3-6,15H2,1-2H3/t14-/m1/s1. The predicted octanol–water partition coefficient (Wildman–Crippen LogP) is 1.91. The van der Waals surface area contributed by atoms with E-state index in [9.17, 15) is 4.79 Å². The molecule has 0 heterocycles. The summed E-state index contributed by atoms with van der Waals surface area (Å²) in [4.78, 5) is 11.7. The van der Waals surface area contributed by atoms with E-state index in [0.717, 1.165) is 18.4 Å². The zero-order valence-corrected chi connectivity index (χ0v) is 10.5. The van der Waals surface area contributed by atoms with Crippen LogP contribution in [-0.4, -0.2) is 13.1 Å². The number of carbonyl (C=O) groups excluding carboxylic acids is 1. The summed E-state index contributed by atoms with van der Waals surface area (Å²) in [6, 6.07) is 6.10. The molecule has 0 saturated carbocycles. The van der Waals surface area contributed by atoms with Crippen LogP contribution in [0.5, 0.6) is 0 Å². The maximum Gasteiger partial charge on any atom is 0.330 e. The number of fused-ring (bicyclic) bond motifs is 1. The quantitative estimate of drug-likeness (QED) is 0.794. The van der Waals surface area contributed by atoms with Crippen molar-refractivity contribution in [3.63, 3.8) is 0 Å². The van der Waals surface area contributed by atoms with Crippen molar-refractivity contribution in [2.45, 2.75) is 38.1 Å². The Bertz CT molecular complexity index is 438. The summed E-state index contributed by atoms with van der Waals surface area (Å²) in [6.07, 6.45) is 4.69. The molecule has 0 aliphatic heterocycles. The fourth-order valence-electron chi connectivity index (χ4n) is 2.39. The van der Waals surface area contributed by atoms with E-state index in [1.54, 1.807) is 6.92 Å². The zero-order chi connectivity index (χ0) is 12.5. The number of benzene rings is 1. The number of nitrogens with two attached hydrogens (primary N) is 1. The van der Waals surface area contributed by atoms with Gasteiger partial charge in [0.1, 0.15) is 5.54 Å². The van der Waals surface area contributed by atoms with E-state index in [1.165, 1.54) is 31.1 Å². The minimum absolute atomic E-state index is 0.395. The summed E-state index contributed by atoms with van der Waals surface area (Å²) in [5, 5.41) is 0. The first-order chi connectivity index (χ1) is 8.05. The van der Waals surface area contributed by atoms with Crippen LogP contribution in [0.2, 0.25) is 0 Å². The van der Waals surface area contributed by atoms with Gasteiger partial charge in [-0.2, -0.15) is 0 Å². The first-order valence-corrected chi connectivity index (χ1v) is 6.05. The van der Waals surface area contributed by atoms with Gasteiger partial charge in [0.25, 0.3) is 0 Å². The highest BCUT2D eigenvalue weighted by molar-refractivity contribution is 5.81. The van der Waals surface area contributed by atoms with E-state index < -0.39 is 11.5 Å². The summed E-state index contributed by atoms with van der Waals surface area (Å²) in [5.41, 5.74) is 8.55. The van der Waals surface area contributed by atoms with Crippen molar-refractivity contribution in [2.24, 2.45) is 5.73 Å². The van der Waals surface area contributed by atoms with Crippen LogP contribution in [0.1, 0.15) is 36.5 Å². The molecule has 0 aromatic heterocycles. The lowest BCUT2D eigenvalue weighted by Crippen LogP contribution is -2.42. The third-order valence-electron chi connectivity index (χ3n) is 3.56. The summed E-state index contributed by atoms with van der Waals surface area (Å²) in [6.45, 7) is 1.70. The first-order valence-electron chi connectivity index (χ1n) is 6.05. The van der Waals surface area contributed by atoms with Crippen LogP contribution >= 0.6 is 0 Å². The molecule has 1 aliphatic carbocycles. The normalized spacial score (nSPS) is 18.1. The molecule has 2 N–H and O–H groups in total. The molecular weight excluding hydrogens is 214 g/mol. The number of hydrogen-bond acceptors (Lipinski definition) is 3. The molecule has 92 valence electrons. The second-order valence-corrected chi connectivity index (χ2v) is 4.88. The number of ether oxygens (including phenoxy) is 1. The molecule has 17 heavy (non-hydrogen) atoms. The van der Waals surface area contributed by atoms with E-state index in [1.807, 2.05) is 6.07 Å². The SMILES string of the molecule is COC(=O)[C@](C)(N)c1ccc2c(c1)CCCC2. The highest BCUT2D eigenvalue weighted by Crippen LogP contribution is 2.27. The van der Waals surface area contributed by atoms with Gasteiger partial charge in [-0.05, 0) is 49.3 Å². The Morgan fingerprint density at radius 3 is 2.59 bits per heavy atom. The van der Waals surface area contributed by atoms with E-state index in [0.29, 0.717) is 0 Å². The Kier molecular flexibility index (Phi) is 3.20. The van der Waals surface area contributed by atoms with Crippen LogP contribution in [0.4, 0.5) is 0 Å². The molecule has 3 heteroatoms. The third-order valence-corrected chi connectivity index (χ3v) is 3.56. The van der Waals surface area contributed by atoms with Gasteiger partial charge in [-0.3, -0.25) is 0 Å². The molecule has 2 rings (SSSR count). The van der Waals surface area contributed by atoms with Gasteiger partial charge in [0.15, 0.2) is 0 Å². The van der Waals surface area contributed by atoms with E-state index in [4.69, 9.17) is 10.5 Å². The largest absolute Gasteiger partial charge is 0.467 e. The van der Waals surface area contributed by atoms with Gasteiger partial charge in [0.2, 0.25) is 0 Å². The molecule has 3 nitrogen and oxygen atoms in total. The van der Waals surface area contributed by atoms with E-state index in [-0.39, 0.29) is 0 Å². The molecule has 0 fully saturated rings. The molecule has 0 amide bonds. The van der Waals surface area contributed by atoms with Gasteiger partial charge in [0.05, 0.1) is 7.11 Å². The van der Waals surface area contributed by atoms with Crippen LogP contribution in [-0.2, 0) is 27.9 Å². The van der Waals surface area contributed by atoms with Crippen LogP contribution in [0, 0.1) is 0 Å². The number of hydrogen-bond donors (Lipinski definition) is 1. The van der Waals surface area contributed by atoms with Crippen molar-refractivity contribution >= 4 is 5.97 Å². The average Bonchev–Trinajstić information content (AvgIpc) is 2.37. The summed E-state index contributed by atoms with van der Waals surface area (Å²) >= 11 is 0. The third kappa shape index (κ3) is 2.20. The zero-order valence-electron chi connectivity index (χ0n) is 10.5. The summed E-state index contributed by atoms with van der Waals surface area (Å²) in [5.74, 6) is -0.395. The molecule has 1 aromatic rings. The fraction of sp³-hybridized carbons (Fsp3) is 0.500. The average molecular weight is 233 g/mol. The Morgan fingerprint density at radius 1 is 1.29 bits per heavy atom. The molecule has 1 aromatic carbocycles. The summed E-state index contributed by atoms with van der Waals surface area (Å²) < 4.78 is 4.75. The Balaban J connectivity index is 2.36. The van der Waals surface area contributed by atoms with Crippen LogP contribution in [0.3, 0.4) is 0 Å². The van der Waals surface area contributed by atoms with Gasteiger partial charge in [-0.25, -0.2) is 4.79 Å². The molecule has 0 unspecified atom stereocenters. The topological polar surface area (TPSA) is 52.3 Å². The van der Waals surface area contributed by atoms with Gasteiger partial charge in [0, 0.05) is 0 Å². The number of carbonyl (C=O) groups is 1. The Labute approximate surface area is 102 Å². The second kappa shape index (κ2) is 4.49. The van der Waals surface area contributed by atoms with E-state index >= 15 is 0 Å². The van der Waals surface area contributed by atoms with Crippen LogP contribution in [0.15, 0.2) is 18.2 Å². The van der Waals surface area contributed by atoms with E-state index in [2.05, 4.69) is 12.1 Å². The first kappa shape index (κ1) is 12.1. The van der Waals surface area contributed by atoms with Crippen molar-refractivity contribution in [3.05, 3.63) is 34.9 Å².